The molecular formula is C11H16S2. The van der Waals surface area contributed by atoms with Crippen molar-refractivity contribution in [3.63, 3.8) is 0 Å². The van der Waals surface area contributed by atoms with Crippen LogP contribution in [-0.4, -0.2) is 17.3 Å². The van der Waals surface area contributed by atoms with E-state index in [1.165, 1.54) is 17.1 Å². The molecule has 1 unspecified atom stereocenters. The minimum atomic E-state index is 0.606. The summed E-state index contributed by atoms with van der Waals surface area (Å²) in [6.45, 7) is 2.20. The molecule has 1 aromatic rings. The van der Waals surface area contributed by atoms with Crippen molar-refractivity contribution in [1.29, 1.82) is 0 Å². The van der Waals surface area contributed by atoms with E-state index in [2.05, 4.69) is 49.9 Å². The number of benzene rings is 1. The van der Waals surface area contributed by atoms with Crippen LogP contribution < -0.4 is 0 Å². The van der Waals surface area contributed by atoms with E-state index in [4.69, 9.17) is 0 Å². The number of hydrogen-bond donors (Lipinski definition) is 1. The average Bonchev–Trinajstić information content (AvgIpc) is 2.21. The summed E-state index contributed by atoms with van der Waals surface area (Å²) in [4.78, 5) is 0. The molecule has 0 nitrogen and oxygen atoms in total. The van der Waals surface area contributed by atoms with Gasteiger partial charge in [0.15, 0.2) is 0 Å². The molecular weight excluding hydrogens is 196 g/mol. The third-order valence-electron chi connectivity index (χ3n) is 2.01. The predicted molar refractivity (Wildman–Crippen MR) is 66.0 cm³/mol. The number of rotatable bonds is 5. The molecule has 0 bridgehead atoms. The van der Waals surface area contributed by atoms with Gasteiger partial charge in [-0.1, -0.05) is 37.3 Å². The Kier molecular flexibility index (Phi) is 5.40. The summed E-state index contributed by atoms with van der Waals surface area (Å²) in [6.07, 6.45) is 0. The summed E-state index contributed by atoms with van der Waals surface area (Å²) in [7, 11) is 0. The summed E-state index contributed by atoms with van der Waals surface area (Å²) >= 11 is 6.37. The lowest BCUT2D eigenvalue weighted by molar-refractivity contribution is 0.898. The Balaban J connectivity index is 2.56. The van der Waals surface area contributed by atoms with Gasteiger partial charge in [-0.25, -0.2) is 0 Å². The molecule has 0 saturated carbocycles. The van der Waals surface area contributed by atoms with Gasteiger partial charge in [0.25, 0.3) is 0 Å². The molecule has 0 radical (unpaired) electrons. The third-order valence-corrected chi connectivity index (χ3v) is 3.50. The van der Waals surface area contributed by atoms with Gasteiger partial charge in [0.2, 0.25) is 0 Å². The Morgan fingerprint density at radius 2 is 2.00 bits per heavy atom. The molecule has 0 saturated heterocycles. The Morgan fingerprint density at radius 1 is 1.31 bits per heavy atom. The van der Waals surface area contributed by atoms with Gasteiger partial charge in [0, 0.05) is 11.7 Å². The van der Waals surface area contributed by atoms with Crippen molar-refractivity contribution in [3.8, 4) is 0 Å². The minimum Gasteiger partial charge on any atom is -0.179 e. The number of thioether (sulfide) groups is 1. The second-order valence-corrected chi connectivity index (χ2v) is 4.63. The van der Waals surface area contributed by atoms with Gasteiger partial charge in [0.05, 0.1) is 0 Å². The molecule has 0 fully saturated rings. The highest BCUT2D eigenvalue weighted by Gasteiger charge is 2.07. The number of hydrogen-bond acceptors (Lipinski definition) is 2. The zero-order valence-electron chi connectivity index (χ0n) is 7.94. The molecule has 2 heteroatoms. The van der Waals surface area contributed by atoms with Crippen molar-refractivity contribution in [2.75, 3.05) is 17.3 Å². The highest BCUT2D eigenvalue weighted by atomic mass is 32.2. The van der Waals surface area contributed by atoms with Crippen molar-refractivity contribution < 1.29 is 0 Å². The molecule has 0 spiro atoms. The van der Waals surface area contributed by atoms with Gasteiger partial charge >= 0.3 is 0 Å². The van der Waals surface area contributed by atoms with Crippen LogP contribution in [0.2, 0.25) is 0 Å². The molecule has 0 aliphatic rings. The van der Waals surface area contributed by atoms with E-state index in [9.17, 15) is 0 Å². The largest absolute Gasteiger partial charge is 0.179 e. The van der Waals surface area contributed by atoms with Gasteiger partial charge < -0.3 is 0 Å². The second kappa shape index (κ2) is 6.39. The first-order chi connectivity index (χ1) is 6.38. The van der Waals surface area contributed by atoms with E-state index in [0.717, 1.165) is 5.75 Å². The maximum atomic E-state index is 4.39. The zero-order chi connectivity index (χ0) is 9.52. The van der Waals surface area contributed by atoms with Crippen LogP contribution in [0.5, 0.6) is 0 Å². The molecule has 0 aromatic heterocycles. The summed E-state index contributed by atoms with van der Waals surface area (Å²) < 4.78 is 0. The van der Waals surface area contributed by atoms with E-state index in [-0.39, 0.29) is 0 Å². The van der Waals surface area contributed by atoms with E-state index >= 15 is 0 Å². The van der Waals surface area contributed by atoms with E-state index in [0.29, 0.717) is 5.92 Å². The van der Waals surface area contributed by atoms with Gasteiger partial charge in [-0.2, -0.15) is 24.4 Å². The summed E-state index contributed by atoms with van der Waals surface area (Å²) in [5.74, 6) is 3.92. The molecule has 1 rings (SSSR count). The maximum absolute atomic E-state index is 4.39. The molecule has 13 heavy (non-hydrogen) atoms. The normalized spacial score (nSPS) is 12.8. The highest BCUT2D eigenvalue weighted by Crippen LogP contribution is 2.21. The predicted octanol–water partition coefficient (Wildman–Crippen LogP) is 3.45. The topological polar surface area (TPSA) is 0 Å². The smallest absolute Gasteiger partial charge is 0.00172 e. The molecule has 0 amide bonds. The maximum Gasteiger partial charge on any atom is 0.00172 e. The van der Waals surface area contributed by atoms with Crippen molar-refractivity contribution in [1.82, 2.24) is 0 Å². The Labute approximate surface area is 90.5 Å². The van der Waals surface area contributed by atoms with Gasteiger partial charge in [-0.3, -0.25) is 0 Å². The lowest BCUT2D eigenvalue weighted by Crippen LogP contribution is -2.03. The van der Waals surface area contributed by atoms with Crippen LogP contribution in [0.3, 0.4) is 0 Å². The van der Waals surface area contributed by atoms with Gasteiger partial charge in [0.1, 0.15) is 0 Å². The van der Waals surface area contributed by atoms with Crippen LogP contribution in [0.25, 0.3) is 0 Å². The standard InChI is InChI=1S/C11H16S2/c1-2-13-9-11(8-12)10-6-4-3-5-7-10/h3-7,11-12H,2,8-9H2,1H3. The van der Waals surface area contributed by atoms with E-state index in [1.54, 1.807) is 0 Å². The quantitative estimate of drug-likeness (QED) is 0.729. The van der Waals surface area contributed by atoms with E-state index < -0.39 is 0 Å². The fourth-order valence-corrected chi connectivity index (χ4v) is 2.58. The van der Waals surface area contributed by atoms with Crippen molar-refractivity contribution >= 4 is 24.4 Å². The molecule has 1 aromatic carbocycles. The average molecular weight is 212 g/mol. The van der Waals surface area contributed by atoms with Crippen LogP contribution >= 0.6 is 24.4 Å². The molecule has 0 N–H and O–H groups in total. The number of thiol groups is 1. The Bertz CT molecular complexity index is 221. The van der Waals surface area contributed by atoms with Crippen LogP contribution in [0, 0.1) is 0 Å². The molecule has 72 valence electrons. The van der Waals surface area contributed by atoms with E-state index in [1.807, 2.05) is 11.8 Å². The van der Waals surface area contributed by atoms with Gasteiger partial charge in [-0.15, -0.1) is 0 Å². The third kappa shape index (κ3) is 3.65. The first kappa shape index (κ1) is 11.0. The minimum absolute atomic E-state index is 0.606. The van der Waals surface area contributed by atoms with Crippen LogP contribution in [0.4, 0.5) is 0 Å². The van der Waals surface area contributed by atoms with Crippen molar-refractivity contribution in [3.05, 3.63) is 35.9 Å². The summed E-state index contributed by atoms with van der Waals surface area (Å²) in [5, 5.41) is 0. The fraction of sp³-hybridized carbons (Fsp3) is 0.455. The van der Waals surface area contributed by atoms with Gasteiger partial charge in [-0.05, 0) is 17.1 Å². The molecule has 0 heterocycles. The lowest BCUT2D eigenvalue weighted by atomic mass is 10.0. The first-order valence-corrected chi connectivity index (χ1v) is 6.40. The molecule has 1 atom stereocenters. The van der Waals surface area contributed by atoms with Crippen molar-refractivity contribution in [2.24, 2.45) is 0 Å². The van der Waals surface area contributed by atoms with Crippen LogP contribution in [0.15, 0.2) is 30.3 Å². The summed E-state index contributed by atoms with van der Waals surface area (Å²) in [5.41, 5.74) is 1.42. The van der Waals surface area contributed by atoms with Crippen molar-refractivity contribution in [2.45, 2.75) is 12.8 Å². The van der Waals surface area contributed by atoms with Crippen LogP contribution in [0.1, 0.15) is 18.4 Å². The SMILES string of the molecule is CCSCC(CS)c1ccccc1. The monoisotopic (exact) mass is 212 g/mol. The lowest BCUT2D eigenvalue weighted by Gasteiger charge is -2.13. The Morgan fingerprint density at radius 3 is 2.54 bits per heavy atom. The highest BCUT2D eigenvalue weighted by molar-refractivity contribution is 7.99. The summed E-state index contributed by atoms with van der Waals surface area (Å²) in [6, 6.07) is 10.6. The molecule has 0 aliphatic heterocycles. The Hall–Kier alpha value is -0.0800. The molecule has 0 aliphatic carbocycles. The zero-order valence-corrected chi connectivity index (χ0v) is 9.65. The first-order valence-electron chi connectivity index (χ1n) is 4.62. The second-order valence-electron chi connectivity index (χ2n) is 2.95. The fourth-order valence-electron chi connectivity index (χ4n) is 1.24. The van der Waals surface area contributed by atoms with Crippen LogP contribution in [-0.2, 0) is 0 Å².